The second-order valence-electron chi connectivity index (χ2n) is 9.07. The van der Waals surface area contributed by atoms with E-state index in [1.54, 1.807) is 12.1 Å². The van der Waals surface area contributed by atoms with E-state index in [-0.39, 0.29) is 24.5 Å². The third kappa shape index (κ3) is 4.20. The molecule has 1 aromatic carbocycles. The number of hydrogen-bond donors (Lipinski definition) is 1. The van der Waals surface area contributed by atoms with Gasteiger partial charge in [0.25, 0.3) is 0 Å². The molecule has 27 heavy (non-hydrogen) atoms. The van der Waals surface area contributed by atoms with Crippen molar-refractivity contribution in [3.63, 3.8) is 0 Å². The fourth-order valence-electron chi connectivity index (χ4n) is 6.16. The molecule has 4 bridgehead atoms. The summed E-state index contributed by atoms with van der Waals surface area (Å²) in [7, 11) is 0. The standard InChI is InChI=1S/C23H31NO3/c1-2-27-20-5-3-19(4-6-20)21(25)7-8-22(26)24-15-23-12-16-9-17(13-23)11-18(10-16)14-23/h3-6,16-18H,2,7-15H2,1H3,(H,24,26). The van der Waals surface area contributed by atoms with Crippen LogP contribution in [0.1, 0.15) is 68.6 Å². The topological polar surface area (TPSA) is 55.4 Å². The average Bonchev–Trinajstić information content (AvgIpc) is 2.64. The van der Waals surface area contributed by atoms with E-state index in [0.29, 0.717) is 17.6 Å². The molecule has 1 N–H and O–H groups in total. The number of rotatable bonds is 8. The van der Waals surface area contributed by atoms with Gasteiger partial charge in [0.1, 0.15) is 5.75 Å². The zero-order chi connectivity index (χ0) is 18.9. The van der Waals surface area contributed by atoms with Gasteiger partial charge in [-0.3, -0.25) is 9.59 Å². The number of hydrogen-bond acceptors (Lipinski definition) is 3. The number of amides is 1. The first kappa shape index (κ1) is 18.5. The van der Waals surface area contributed by atoms with E-state index >= 15 is 0 Å². The smallest absolute Gasteiger partial charge is 0.220 e. The maximum Gasteiger partial charge on any atom is 0.220 e. The van der Waals surface area contributed by atoms with Gasteiger partial charge in [-0.25, -0.2) is 0 Å². The van der Waals surface area contributed by atoms with Crippen molar-refractivity contribution in [2.75, 3.05) is 13.2 Å². The van der Waals surface area contributed by atoms with Crippen LogP contribution in [0.4, 0.5) is 0 Å². The second-order valence-corrected chi connectivity index (χ2v) is 9.07. The van der Waals surface area contributed by atoms with Crippen LogP contribution in [0.3, 0.4) is 0 Å². The normalized spacial score (nSPS) is 30.9. The molecular formula is C23H31NO3. The molecule has 4 heteroatoms. The minimum Gasteiger partial charge on any atom is -0.494 e. The quantitative estimate of drug-likeness (QED) is 0.692. The molecule has 0 aromatic heterocycles. The third-order valence-electron chi connectivity index (χ3n) is 6.89. The lowest BCUT2D eigenvalue weighted by atomic mass is 9.49. The van der Waals surface area contributed by atoms with Gasteiger partial charge in [-0.2, -0.15) is 0 Å². The molecule has 1 aromatic rings. The van der Waals surface area contributed by atoms with Crippen LogP contribution in [0.5, 0.6) is 5.75 Å². The van der Waals surface area contributed by atoms with E-state index in [2.05, 4.69) is 5.32 Å². The van der Waals surface area contributed by atoms with Crippen LogP contribution in [0.2, 0.25) is 0 Å². The average molecular weight is 370 g/mol. The maximum absolute atomic E-state index is 12.3. The number of ether oxygens (including phenoxy) is 1. The fourth-order valence-corrected chi connectivity index (χ4v) is 6.16. The van der Waals surface area contributed by atoms with Gasteiger partial charge in [-0.1, -0.05) is 0 Å². The highest BCUT2D eigenvalue weighted by Gasteiger charge is 2.50. The zero-order valence-electron chi connectivity index (χ0n) is 16.3. The summed E-state index contributed by atoms with van der Waals surface area (Å²) < 4.78 is 5.40. The predicted octanol–water partition coefficient (Wildman–Crippen LogP) is 4.38. The lowest BCUT2D eigenvalue weighted by Crippen LogP contribution is -2.51. The lowest BCUT2D eigenvalue weighted by Gasteiger charge is -2.56. The molecule has 0 heterocycles. The Labute approximate surface area is 162 Å². The maximum atomic E-state index is 12.3. The highest BCUT2D eigenvalue weighted by molar-refractivity contribution is 5.98. The minimum absolute atomic E-state index is 0.0167. The number of benzene rings is 1. The van der Waals surface area contributed by atoms with Gasteiger partial charge < -0.3 is 10.1 Å². The Morgan fingerprint density at radius 2 is 1.59 bits per heavy atom. The molecule has 0 radical (unpaired) electrons. The molecule has 0 spiro atoms. The number of ketones is 1. The predicted molar refractivity (Wildman–Crippen MR) is 105 cm³/mol. The van der Waals surface area contributed by atoms with E-state index in [9.17, 15) is 9.59 Å². The molecule has 4 aliphatic rings. The zero-order valence-corrected chi connectivity index (χ0v) is 16.3. The molecule has 1 amide bonds. The van der Waals surface area contributed by atoms with Crippen LogP contribution in [0.25, 0.3) is 0 Å². The minimum atomic E-state index is 0.0167. The summed E-state index contributed by atoms with van der Waals surface area (Å²) in [5.41, 5.74) is 0.996. The molecule has 4 fully saturated rings. The number of nitrogens with one attached hydrogen (secondary N) is 1. The summed E-state index contributed by atoms with van der Waals surface area (Å²) >= 11 is 0. The van der Waals surface area contributed by atoms with Crippen molar-refractivity contribution >= 4 is 11.7 Å². The van der Waals surface area contributed by atoms with E-state index < -0.39 is 0 Å². The highest BCUT2D eigenvalue weighted by Crippen LogP contribution is 2.59. The number of carbonyl (C=O) groups is 2. The second kappa shape index (κ2) is 7.65. The summed E-state index contributed by atoms with van der Waals surface area (Å²) in [6, 6.07) is 7.18. The third-order valence-corrected chi connectivity index (χ3v) is 6.89. The van der Waals surface area contributed by atoms with Crippen molar-refractivity contribution in [2.24, 2.45) is 23.2 Å². The van der Waals surface area contributed by atoms with Gasteiger partial charge in [0.05, 0.1) is 6.61 Å². The highest BCUT2D eigenvalue weighted by atomic mass is 16.5. The Hall–Kier alpha value is -1.84. The van der Waals surface area contributed by atoms with E-state index in [4.69, 9.17) is 4.74 Å². The Bertz CT molecular complexity index is 659. The summed E-state index contributed by atoms with van der Waals surface area (Å²) in [6.45, 7) is 3.35. The van der Waals surface area contributed by atoms with Gasteiger partial charge in [0, 0.05) is 24.9 Å². The summed E-state index contributed by atoms with van der Waals surface area (Å²) in [6.07, 6.45) is 8.69. The first-order chi connectivity index (χ1) is 13.0. The Balaban J connectivity index is 1.23. The summed E-state index contributed by atoms with van der Waals surface area (Å²) in [5.74, 6) is 3.49. The summed E-state index contributed by atoms with van der Waals surface area (Å²) in [5, 5.41) is 3.16. The molecule has 5 rings (SSSR count). The van der Waals surface area contributed by atoms with Crippen LogP contribution < -0.4 is 10.1 Å². The molecule has 4 saturated carbocycles. The summed E-state index contributed by atoms with van der Waals surface area (Å²) in [4.78, 5) is 24.7. The van der Waals surface area contributed by atoms with Crippen LogP contribution in [0.15, 0.2) is 24.3 Å². The molecule has 146 valence electrons. The molecular weight excluding hydrogens is 338 g/mol. The molecule has 0 aliphatic heterocycles. The van der Waals surface area contributed by atoms with Crippen molar-refractivity contribution in [3.8, 4) is 5.75 Å². The van der Waals surface area contributed by atoms with E-state index in [1.165, 1.54) is 38.5 Å². The van der Waals surface area contributed by atoms with Crippen LogP contribution in [-0.2, 0) is 4.79 Å². The molecule has 0 atom stereocenters. The van der Waals surface area contributed by atoms with Crippen molar-refractivity contribution in [1.29, 1.82) is 0 Å². The molecule has 4 aliphatic carbocycles. The van der Waals surface area contributed by atoms with Crippen LogP contribution in [-0.4, -0.2) is 24.8 Å². The Morgan fingerprint density at radius 1 is 1.00 bits per heavy atom. The molecule has 0 saturated heterocycles. The number of carbonyl (C=O) groups excluding carboxylic acids is 2. The monoisotopic (exact) mass is 369 g/mol. The Morgan fingerprint density at radius 3 is 2.15 bits per heavy atom. The molecule has 4 nitrogen and oxygen atoms in total. The van der Waals surface area contributed by atoms with Crippen molar-refractivity contribution in [3.05, 3.63) is 29.8 Å². The molecule has 0 unspecified atom stereocenters. The lowest BCUT2D eigenvalue weighted by molar-refractivity contribution is -0.123. The largest absolute Gasteiger partial charge is 0.494 e. The van der Waals surface area contributed by atoms with E-state index in [1.807, 2.05) is 19.1 Å². The van der Waals surface area contributed by atoms with Gasteiger partial charge in [0.15, 0.2) is 5.78 Å². The van der Waals surface area contributed by atoms with E-state index in [0.717, 1.165) is 30.0 Å². The van der Waals surface area contributed by atoms with Gasteiger partial charge in [0.2, 0.25) is 5.91 Å². The first-order valence-electron chi connectivity index (χ1n) is 10.6. The van der Waals surface area contributed by atoms with Crippen molar-refractivity contribution < 1.29 is 14.3 Å². The fraction of sp³-hybridized carbons (Fsp3) is 0.652. The van der Waals surface area contributed by atoms with Crippen LogP contribution >= 0.6 is 0 Å². The van der Waals surface area contributed by atoms with Gasteiger partial charge >= 0.3 is 0 Å². The van der Waals surface area contributed by atoms with Gasteiger partial charge in [-0.15, -0.1) is 0 Å². The van der Waals surface area contributed by atoms with Gasteiger partial charge in [-0.05, 0) is 92.9 Å². The Kier molecular flexibility index (Phi) is 5.25. The van der Waals surface area contributed by atoms with Crippen LogP contribution in [0, 0.1) is 23.2 Å². The van der Waals surface area contributed by atoms with Crippen molar-refractivity contribution in [2.45, 2.75) is 58.3 Å². The SMILES string of the molecule is CCOc1ccc(C(=O)CCC(=O)NCC23CC4CC(CC(C4)C2)C3)cc1. The van der Waals surface area contributed by atoms with Crippen molar-refractivity contribution in [1.82, 2.24) is 5.32 Å². The number of Topliss-reactive ketones (excluding diaryl/α,β-unsaturated/α-hetero) is 1. The first-order valence-corrected chi connectivity index (χ1v) is 10.6.